The number of ether oxygens (including phenoxy) is 1. The lowest BCUT2D eigenvalue weighted by molar-refractivity contribution is -0.120. The van der Waals surface area contributed by atoms with Crippen LogP contribution in [0.3, 0.4) is 0 Å². The maximum absolute atomic E-state index is 12.0. The van der Waals surface area contributed by atoms with E-state index in [4.69, 9.17) is 4.74 Å². The Balaban J connectivity index is 2.09. The fourth-order valence-electron chi connectivity index (χ4n) is 2.12. The van der Waals surface area contributed by atoms with Crippen LogP contribution in [0.15, 0.2) is 17.5 Å². The zero-order valence-corrected chi connectivity index (χ0v) is 10.2. The minimum absolute atomic E-state index is 0.0725. The predicted octanol–water partition coefficient (Wildman–Crippen LogP) is 2.32. The number of hydrogen-bond acceptors (Lipinski definition) is 4. The topological polar surface area (TPSA) is 43.4 Å². The smallest absolute Gasteiger partial charge is 0.178 e. The Kier molecular flexibility index (Phi) is 2.95. The molecule has 0 spiro atoms. The summed E-state index contributed by atoms with van der Waals surface area (Å²) in [5, 5.41) is 1.88. The summed E-state index contributed by atoms with van der Waals surface area (Å²) in [6.07, 6.45) is 1.01. The molecule has 2 rings (SSSR count). The van der Waals surface area contributed by atoms with Crippen molar-refractivity contribution in [1.82, 2.24) is 0 Å². The number of carbonyl (C=O) groups excluding carboxylic acids is 2. The number of methoxy groups -OCH3 is 1. The molecule has 2 atom stereocenters. The lowest BCUT2D eigenvalue weighted by Gasteiger charge is -2.12. The summed E-state index contributed by atoms with van der Waals surface area (Å²) < 4.78 is 5.35. The molecule has 0 radical (unpaired) electrons. The van der Waals surface area contributed by atoms with E-state index in [9.17, 15) is 9.59 Å². The van der Waals surface area contributed by atoms with E-state index in [-0.39, 0.29) is 17.5 Å². The number of Topliss-reactive ketones (excluding diaryl/α,β-unsaturated/α-hetero) is 2. The summed E-state index contributed by atoms with van der Waals surface area (Å²) in [5.41, 5.74) is -0.521. The fourth-order valence-corrected chi connectivity index (χ4v) is 2.84. The van der Waals surface area contributed by atoms with E-state index in [1.807, 2.05) is 17.5 Å². The molecule has 1 saturated carbocycles. The number of carbonyl (C=O) groups is 2. The van der Waals surface area contributed by atoms with Gasteiger partial charge in [-0.15, -0.1) is 11.3 Å². The number of hydrogen-bond donors (Lipinski definition) is 0. The molecule has 0 bridgehead atoms. The Bertz CT molecular complexity index is 410. The second-order valence-corrected chi connectivity index (χ2v) is 5.19. The molecule has 4 heteroatoms. The molecule has 0 saturated heterocycles. The highest BCUT2D eigenvalue weighted by atomic mass is 32.1. The summed E-state index contributed by atoms with van der Waals surface area (Å²) in [4.78, 5) is 23.9. The van der Waals surface area contributed by atoms with Crippen LogP contribution in [-0.4, -0.2) is 24.3 Å². The van der Waals surface area contributed by atoms with E-state index in [1.165, 1.54) is 18.3 Å². The summed E-state index contributed by atoms with van der Waals surface area (Å²) in [7, 11) is 1.57. The van der Waals surface area contributed by atoms with Gasteiger partial charge in [0.05, 0.1) is 16.4 Å². The van der Waals surface area contributed by atoms with Gasteiger partial charge < -0.3 is 4.74 Å². The predicted molar refractivity (Wildman–Crippen MR) is 61.8 cm³/mol. The Labute approximate surface area is 98.4 Å². The first-order chi connectivity index (χ1) is 7.59. The Morgan fingerprint density at radius 1 is 1.62 bits per heavy atom. The van der Waals surface area contributed by atoms with Crippen molar-refractivity contribution in [3.8, 4) is 0 Å². The average molecular weight is 238 g/mol. The third kappa shape index (κ3) is 1.95. The number of thiophene rings is 1. The second kappa shape index (κ2) is 4.11. The van der Waals surface area contributed by atoms with Gasteiger partial charge in [-0.05, 0) is 24.8 Å². The van der Waals surface area contributed by atoms with E-state index >= 15 is 0 Å². The fraction of sp³-hybridized carbons (Fsp3) is 0.500. The van der Waals surface area contributed by atoms with Gasteiger partial charge in [0.15, 0.2) is 5.78 Å². The van der Waals surface area contributed by atoms with Gasteiger partial charge in [-0.2, -0.15) is 0 Å². The first kappa shape index (κ1) is 11.5. The van der Waals surface area contributed by atoms with Gasteiger partial charge in [-0.1, -0.05) is 6.07 Å². The van der Waals surface area contributed by atoms with Crippen LogP contribution < -0.4 is 0 Å². The van der Waals surface area contributed by atoms with E-state index < -0.39 is 5.60 Å². The molecular weight excluding hydrogens is 224 g/mol. The highest BCUT2D eigenvalue weighted by molar-refractivity contribution is 7.12. The molecule has 0 aromatic carbocycles. The van der Waals surface area contributed by atoms with Crippen molar-refractivity contribution in [3.05, 3.63) is 22.4 Å². The SMILES string of the molecule is COC1(CC(C)=O)CC1C(=O)c1cccs1. The van der Waals surface area contributed by atoms with E-state index in [0.29, 0.717) is 12.8 Å². The van der Waals surface area contributed by atoms with Crippen LogP contribution in [0.25, 0.3) is 0 Å². The molecule has 86 valence electrons. The van der Waals surface area contributed by atoms with E-state index in [1.54, 1.807) is 7.11 Å². The summed E-state index contributed by atoms with van der Waals surface area (Å²) in [6.45, 7) is 1.53. The molecule has 1 aliphatic carbocycles. The third-order valence-electron chi connectivity index (χ3n) is 3.06. The van der Waals surface area contributed by atoms with Crippen LogP contribution in [0.4, 0.5) is 0 Å². The lowest BCUT2D eigenvalue weighted by atomic mass is 10.1. The van der Waals surface area contributed by atoms with Crippen LogP contribution in [0.5, 0.6) is 0 Å². The number of ketones is 2. The molecule has 1 fully saturated rings. The second-order valence-electron chi connectivity index (χ2n) is 4.25. The first-order valence-electron chi connectivity index (χ1n) is 5.21. The summed E-state index contributed by atoms with van der Waals surface area (Å²) in [5.74, 6) is 0.0430. The van der Waals surface area contributed by atoms with Gasteiger partial charge in [0.1, 0.15) is 5.78 Å². The maximum Gasteiger partial charge on any atom is 0.178 e. The van der Waals surface area contributed by atoms with Crippen LogP contribution in [-0.2, 0) is 9.53 Å². The molecule has 1 heterocycles. The molecule has 16 heavy (non-hydrogen) atoms. The largest absolute Gasteiger partial charge is 0.377 e. The minimum atomic E-state index is -0.521. The molecule has 1 aromatic rings. The maximum atomic E-state index is 12.0. The standard InChI is InChI=1S/C12H14O3S/c1-8(13)6-12(15-2)7-9(12)11(14)10-4-3-5-16-10/h3-5,9H,6-7H2,1-2H3. The van der Waals surface area contributed by atoms with Crippen LogP contribution in [0.2, 0.25) is 0 Å². The van der Waals surface area contributed by atoms with E-state index in [2.05, 4.69) is 0 Å². The van der Waals surface area contributed by atoms with E-state index in [0.717, 1.165) is 4.88 Å². The van der Waals surface area contributed by atoms with Gasteiger partial charge in [0.2, 0.25) is 0 Å². The average Bonchev–Trinajstić information content (AvgIpc) is 2.72. The first-order valence-corrected chi connectivity index (χ1v) is 6.09. The monoisotopic (exact) mass is 238 g/mol. The molecule has 0 aliphatic heterocycles. The molecule has 1 aliphatic rings. The Hall–Kier alpha value is -1.000. The zero-order valence-electron chi connectivity index (χ0n) is 9.36. The highest BCUT2D eigenvalue weighted by Crippen LogP contribution is 2.51. The van der Waals surface area contributed by atoms with Crippen LogP contribution >= 0.6 is 11.3 Å². The van der Waals surface area contributed by atoms with Crippen molar-refractivity contribution in [2.45, 2.75) is 25.4 Å². The molecule has 2 unspecified atom stereocenters. The van der Waals surface area contributed by atoms with Gasteiger partial charge in [-0.3, -0.25) is 9.59 Å². The van der Waals surface area contributed by atoms with Gasteiger partial charge >= 0.3 is 0 Å². The third-order valence-corrected chi connectivity index (χ3v) is 3.94. The Morgan fingerprint density at radius 2 is 2.38 bits per heavy atom. The quantitative estimate of drug-likeness (QED) is 0.739. The van der Waals surface area contributed by atoms with Crippen LogP contribution in [0.1, 0.15) is 29.4 Å². The van der Waals surface area contributed by atoms with Crippen molar-refractivity contribution >= 4 is 22.9 Å². The van der Waals surface area contributed by atoms with Crippen molar-refractivity contribution in [2.24, 2.45) is 5.92 Å². The zero-order chi connectivity index (χ0) is 11.8. The Morgan fingerprint density at radius 3 is 2.88 bits per heavy atom. The van der Waals surface area contributed by atoms with Gasteiger partial charge in [-0.25, -0.2) is 0 Å². The van der Waals surface area contributed by atoms with Gasteiger partial charge in [0.25, 0.3) is 0 Å². The molecule has 3 nitrogen and oxygen atoms in total. The van der Waals surface area contributed by atoms with Crippen molar-refractivity contribution in [2.75, 3.05) is 7.11 Å². The van der Waals surface area contributed by atoms with Gasteiger partial charge in [0, 0.05) is 13.5 Å². The summed E-state index contributed by atoms with van der Waals surface area (Å²) in [6, 6.07) is 3.68. The minimum Gasteiger partial charge on any atom is -0.377 e. The van der Waals surface area contributed by atoms with Crippen molar-refractivity contribution in [3.63, 3.8) is 0 Å². The molecule has 0 N–H and O–H groups in total. The van der Waals surface area contributed by atoms with Crippen LogP contribution in [0, 0.1) is 5.92 Å². The van der Waals surface area contributed by atoms with Crippen molar-refractivity contribution < 1.29 is 14.3 Å². The number of rotatable bonds is 5. The molecule has 0 amide bonds. The highest BCUT2D eigenvalue weighted by Gasteiger charge is 2.59. The lowest BCUT2D eigenvalue weighted by Crippen LogP contribution is -2.22. The van der Waals surface area contributed by atoms with Crippen molar-refractivity contribution in [1.29, 1.82) is 0 Å². The normalized spacial score (nSPS) is 27.8. The molecular formula is C12H14O3S. The summed E-state index contributed by atoms with van der Waals surface area (Å²) >= 11 is 1.44. The molecule has 1 aromatic heterocycles.